The highest BCUT2D eigenvalue weighted by Gasteiger charge is 2.09. The Bertz CT molecular complexity index is 651. The fraction of sp³-hybridized carbons (Fsp3) is 0.235. The molecule has 0 aliphatic carbocycles. The predicted molar refractivity (Wildman–Crippen MR) is 88.9 cm³/mol. The maximum atomic E-state index is 12.0. The topological polar surface area (TPSA) is 66.4 Å². The highest BCUT2D eigenvalue weighted by molar-refractivity contribution is 7.84. The number of aryl methyl sites for hydroxylation is 1. The number of rotatable bonds is 6. The first-order valence-corrected chi connectivity index (χ1v) is 8.46. The highest BCUT2D eigenvalue weighted by Crippen LogP contribution is 2.10. The van der Waals surface area contributed by atoms with Gasteiger partial charge in [-0.1, -0.05) is 42.0 Å². The van der Waals surface area contributed by atoms with Crippen LogP contribution in [-0.4, -0.2) is 21.0 Å². The van der Waals surface area contributed by atoms with Crippen LogP contribution in [0.5, 0.6) is 0 Å². The number of anilines is 1. The molecule has 1 unspecified atom stereocenters. The molecule has 0 fully saturated rings. The second-order valence-electron chi connectivity index (χ2n) is 5.12. The van der Waals surface area contributed by atoms with Crippen LogP contribution in [0.1, 0.15) is 16.7 Å². The minimum Gasteiger partial charge on any atom is -0.392 e. The number of hydrogen-bond acceptors (Lipinski definition) is 3. The average Bonchev–Trinajstić information content (AvgIpc) is 2.50. The standard InChI is InChI=1S/C17H19NO3S/c1-13-2-8-16(9-3-13)18-17(20)12-22(21)11-15-6-4-14(10-19)5-7-15/h2-9,19H,10-12H2,1H3,(H,18,20). The summed E-state index contributed by atoms with van der Waals surface area (Å²) in [6.45, 7) is 1.96. The van der Waals surface area contributed by atoms with Crippen molar-refractivity contribution in [3.63, 3.8) is 0 Å². The van der Waals surface area contributed by atoms with Gasteiger partial charge < -0.3 is 10.4 Å². The lowest BCUT2D eigenvalue weighted by Crippen LogP contribution is -2.20. The first-order chi connectivity index (χ1) is 10.6. The van der Waals surface area contributed by atoms with Gasteiger partial charge in [0.15, 0.2) is 0 Å². The lowest BCUT2D eigenvalue weighted by atomic mass is 10.2. The zero-order valence-corrected chi connectivity index (χ0v) is 13.2. The summed E-state index contributed by atoms with van der Waals surface area (Å²) in [5.41, 5.74) is 3.53. The lowest BCUT2D eigenvalue weighted by molar-refractivity contribution is -0.113. The molecule has 0 bridgehead atoms. The smallest absolute Gasteiger partial charge is 0.237 e. The van der Waals surface area contributed by atoms with Gasteiger partial charge in [0, 0.05) is 22.2 Å². The monoisotopic (exact) mass is 317 g/mol. The molecule has 0 aliphatic rings. The Hall–Kier alpha value is -1.98. The number of carbonyl (C=O) groups is 1. The maximum absolute atomic E-state index is 12.0. The largest absolute Gasteiger partial charge is 0.392 e. The van der Waals surface area contributed by atoms with Crippen molar-refractivity contribution >= 4 is 22.4 Å². The van der Waals surface area contributed by atoms with Crippen molar-refractivity contribution in [3.05, 3.63) is 65.2 Å². The van der Waals surface area contributed by atoms with Crippen molar-refractivity contribution in [2.45, 2.75) is 19.3 Å². The van der Waals surface area contributed by atoms with E-state index in [9.17, 15) is 9.00 Å². The van der Waals surface area contributed by atoms with Crippen LogP contribution in [0.25, 0.3) is 0 Å². The van der Waals surface area contributed by atoms with Gasteiger partial charge in [0.2, 0.25) is 5.91 Å². The van der Waals surface area contributed by atoms with Crippen molar-refractivity contribution < 1.29 is 14.1 Å². The summed E-state index contributed by atoms with van der Waals surface area (Å²) < 4.78 is 12.0. The Balaban J connectivity index is 1.85. The molecule has 5 heteroatoms. The second kappa shape index (κ2) is 7.87. The van der Waals surface area contributed by atoms with E-state index in [1.807, 2.05) is 43.3 Å². The molecular formula is C17H19NO3S. The third-order valence-corrected chi connectivity index (χ3v) is 4.40. The second-order valence-corrected chi connectivity index (χ2v) is 6.57. The summed E-state index contributed by atoms with van der Waals surface area (Å²) in [7, 11) is -1.26. The molecule has 0 aliphatic heterocycles. The molecule has 0 spiro atoms. The van der Waals surface area contributed by atoms with Gasteiger partial charge in [-0.05, 0) is 30.2 Å². The molecule has 0 saturated carbocycles. The fourth-order valence-corrected chi connectivity index (χ4v) is 2.99. The summed E-state index contributed by atoms with van der Waals surface area (Å²) in [5.74, 6) is 0.0389. The fourth-order valence-electron chi connectivity index (χ4n) is 1.96. The van der Waals surface area contributed by atoms with Gasteiger partial charge in [-0.15, -0.1) is 0 Å². The van der Waals surface area contributed by atoms with Crippen LogP contribution < -0.4 is 5.32 Å². The van der Waals surface area contributed by atoms with E-state index in [1.165, 1.54) is 0 Å². The molecule has 0 heterocycles. The molecular weight excluding hydrogens is 298 g/mol. The van der Waals surface area contributed by atoms with Crippen LogP contribution in [0.2, 0.25) is 0 Å². The maximum Gasteiger partial charge on any atom is 0.237 e. The van der Waals surface area contributed by atoms with E-state index in [0.717, 1.165) is 16.7 Å². The number of aliphatic hydroxyl groups excluding tert-OH is 1. The molecule has 2 N–H and O–H groups in total. The molecule has 2 rings (SSSR count). The molecule has 1 atom stereocenters. The molecule has 1 amide bonds. The van der Waals surface area contributed by atoms with Gasteiger partial charge in [-0.25, -0.2) is 0 Å². The number of hydrogen-bond donors (Lipinski definition) is 2. The van der Waals surface area contributed by atoms with Crippen LogP contribution in [0.15, 0.2) is 48.5 Å². The minimum absolute atomic E-state index is 0.0116. The number of benzene rings is 2. The summed E-state index contributed by atoms with van der Waals surface area (Å²) in [6.07, 6.45) is 0. The van der Waals surface area contributed by atoms with E-state index in [4.69, 9.17) is 5.11 Å². The van der Waals surface area contributed by atoms with Gasteiger partial charge >= 0.3 is 0 Å². The molecule has 2 aromatic carbocycles. The quantitative estimate of drug-likeness (QED) is 0.859. The first kappa shape index (κ1) is 16.4. The van der Waals surface area contributed by atoms with E-state index >= 15 is 0 Å². The SMILES string of the molecule is Cc1ccc(NC(=O)CS(=O)Cc2ccc(CO)cc2)cc1. The predicted octanol–water partition coefficient (Wildman–Crippen LogP) is 2.37. The summed E-state index contributed by atoms with van der Waals surface area (Å²) in [4.78, 5) is 11.9. The summed E-state index contributed by atoms with van der Waals surface area (Å²) in [6, 6.07) is 14.7. The van der Waals surface area contributed by atoms with Crippen LogP contribution in [0, 0.1) is 6.92 Å². The van der Waals surface area contributed by atoms with Crippen LogP contribution in [0.4, 0.5) is 5.69 Å². The molecule has 4 nitrogen and oxygen atoms in total. The van der Waals surface area contributed by atoms with Gasteiger partial charge in [0.05, 0.1) is 6.61 Å². The van der Waals surface area contributed by atoms with Crippen molar-refractivity contribution in [2.75, 3.05) is 11.1 Å². The first-order valence-electron chi connectivity index (χ1n) is 6.97. The molecule has 22 heavy (non-hydrogen) atoms. The number of carbonyl (C=O) groups excluding carboxylic acids is 1. The van der Waals surface area contributed by atoms with Gasteiger partial charge in [-0.3, -0.25) is 9.00 Å². The van der Waals surface area contributed by atoms with Crippen LogP contribution in [-0.2, 0) is 28.0 Å². The number of amides is 1. The van der Waals surface area contributed by atoms with E-state index in [2.05, 4.69) is 5.32 Å². The van der Waals surface area contributed by atoms with Crippen LogP contribution >= 0.6 is 0 Å². The number of nitrogens with one attached hydrogen (secondary N) is 1. The Labute approximate surface area is 132 Å². The van der Waals surface area contributed by atoms with E-state index in [0.29, 0.717) is 11.4 Å². The van der Waals surface area contributed by atoms with E-state index in [1.54, 1.807) is 12.1 Å². The van der Waals surface area contributed by atoms with Gasteiger partial charge in [-0.2, -0.15) is 0 Å². The van der Waals surface area contributed by atoms with E-state index < -0.39 is 10.8 Å². The van der Waals surface area contributed by atoms with Gasteiger partial charge in [0.1, 0.15) is 5.75 Å². The molecule has 116 valence electrons. The minimum atomic E-state index is -1.26. The number of aliphatic hydroxyl groups is 1. The Morgan fingerprint density at radius 1 is 1.05 bits per heavy atom. The Morgan fingerprint density at radius 3 is 2.23 bits per heavy atom. The molecule has 0 radical (unpaired) electrons. The average molecular weight is 317 g/mol. The van der Waals surface area contributed by atoms with E-state index in [-0.39, 0.29) is 18.3 Å². The van der Waals surface area contributed by atoms with Gasteiger partial charge in [0.25, 0.3) is 0 Å². The van der Waals surface area contributed by atoms with Crippen molar-refractivity contribution in [3.8, 4) is 0 Å². The highest BCUT2D eigenvalue weighted by atomic mass is 32.2. The Kier molecular flexibility index (Phi) is 5.86. The molecule has 0 saturated heterocycles. The third-order valence-electron chi connectivity index (χ3n) is 3.16. The molecule has 0 aromatic heterocycles. The van der Waals surface area contributed by atoms with Crippen molar-refractivity contribution in [1.82, 2.24) is 0 Å². The summed E-state index contributed by atoms with van der Waals surface area (Å²) in [5, 5.41) is 11.7. The normalized spacial score (nSPS) is 11.9. The zero-order chi connectivity index (χ0) is 15.9. The zero-order valence-electron chi connectivity index (χ0n) is 12.4. The van der Waals surface area contributed by atoms with Crippen molar-refractivity contribution in [1.29, 1.82) is 0 Å². The van der Waals surface area contributed by atoms with Crippen LogP contribution in [0.3, 0.4) is 0 Å². The van der Waals surface area contributed by atoms with Crippen molar-refractivity contribution in [2.24, 2.45) is 0 Å². The lowest BCUT2D eigenvalue weighted by Gasteiger charge is -2.06. The Morgan fingerprint density at radius 2 is 1.64 bits per heavy atom. The summed E-state index contributed by atoms with van der Waals surface area (Å²) >= 11 is 0. The third kappa shape index (κ3) is 5.09. The molecule has 2 aromatic rings.